The standard InChI is InChI=1S/C16H14Cl2N2O2/c17-14-5-4-12(9-15(14)18)10-16(21)20(7-2-6-19)11-13-3-1-8-22-13/h1,3-5,8-9H,2,7,10-11H2. The van der Waals surface area contributed by atoms with Crippen LogP contribution in [0.4, 0.5) is 0 Å². The summed E-state index contributed by atoms with van der Waals surface area (Å²) in [5.74, 6) is 0.588. The summed E-state index contributed by atoms with van der Waals surface area (Å²) in [6.45, 7) is 0.701. The molecule has 1 aromatic carbocycles. The highest BCUT2D eigenvalue weighted by Gasteiger charge is 2.16. The minimum absolute atomic E-state index is 0.0926. The Morgan fingerprint density at radius 2 is 2.09 bits per heavy atom. The van der Waals surface area contributed by atoms with Crippen LogP contribution in [-0.2, 0) is 17.8 Å². The predicted molar refractivity (Wildman–Crippen MR) is 84.5 cm³/mol. The summed E-state index contributed by atoms with van der Waals surface area (Å²) in [5.41, 5.74) is 0.779. The zero-order chi connectivity index (χ0) is 15.9. The Kier molecular flexibility index (Phi) is 5.88. The maximum atomic E-state index is 12.4. The van der Waals surface area contributed by atoms with Crippen LogP contribution in [0.25, 0.3) is 0 Å². The van der Waals surface area contributed by atoms with Crippen molar-refractivity contribution in [1.29, 1.82) is 5.26 Å². The van der Waals surface area contributed by atoms with E-state index >= 15 is 0 Å². The fourth-order valence-corrected chi connectivity index (χ4v) is 2.32. The van der Waals surface area contributed by atoms with Gasteiger partial charge in [-0.15, -0.1) is 0 Å². The molecule has 6 heteroatoms. The third kappa shape index (κ3) is 4.52. The highest BCUT2D eigenvalue weighted by atomic mass is 35.5. The van der Waals surface area contributed by atoms with E-state index in [1.807, 2.05) is 0 Å². The molecule has 0 atom stereocenters. The normalized spacial score (nSPS) is 10.2. The SMILES string of the molecule is N#CCCN(Cc1ccco1)C(=O)Cc1ccc(Cl)c(Cl)c1. The Morgan fingerprint density at radius 3 is 2.73 bits per heavy atom. The highest BCUT2D eigenvalue weighted by Crippen LogP contribution is 2.23. The van der Waals surface area contributed by atoms with Crippen molar-refractivity contribution in [3.05, 3.63) is 58.0 Å². The molecule has 1 heterocycles. The van der Waals surface area contributed by atoms with E-state index in [-0.39, 0.29) is 18.7 Å². The molecule has 1 amide bonds. The highest BCUT2D eigenvalue weighted by molar-refractivity contribution is 6.42. The summed E-state index contributed by atoms with van der Waals surface area (Å²) in [7, 11) is 0. The van der Waals surface area contributed by atoms with E-state index in [9.17, 15) is 4.79 Å². The summed E-state index contributed by atoms with van der Waals surface area (Å²) in [4.78, 5) is 14.0. The first-order chi connectivity index (χ1) is 10.6. The molecule has 0 radical (unpaired) electrons. The third-order valence-electron chi connectivity index (χ3n) is 3.11. The minimum Gasteiger partial charge on any atom is -0.467 e. The average Bonchev–Trinajstić information content (AvgIpc) is 3.00. The van der Waals surface area contributed by atoms with Gasteiger partial charge in [0.1, 0.15) is 5.76 Å². The molecule has 0 N–H and O–H groups in total. The van der Waals surface area contributed by atoms with E-state index in [0.717, 1.165) is 5.56 Å². The molecule has 114 valence electrons. The van der Waals surface area contributed by atoms with Crippen molar-refractivity contribution in [3.8, 4) is 6.07 Å². The predicted octanol–water partition coefficient (Wildman–Crippen LogP) is 4.07. The Labute approximate surface area is 138 Å². The van der Waals surface area contributed by atoms with Gasteiger partial charge in [-0.2, -0.15) is 5.26 Å². The number of hydrogen-bond donors (Lipinski definition) is 0. The van der Waals surface area contributed by atoms with Crippen LogP contribution in [0.1, 0.15) is 17.7 Å². The number of carbonyl (C=O) groups excluding carboxylic acids is 1. The Balaban J connectivity index is 2.07. The van der Waals surface area contributed by atoms with Gasteiger partial charge in [0.2, 0.25) is 5.91 Å². The van der Waals surface area contributed by atoms with Crippen LogP contribution >= 0.6 is 23.2 Å². The number of nitrogens with zero attached hydrogens (tertiary/aromatic N) is 2. The number of furan rings is 1. The van der Waals surface area contributed by atoms with Crippen molar-refractivity contribution in [2.75, 3.05) is 6.54 Å². The fraction of sp³-hybridized carbons (Fsp3) is 0.250. The van der Waals surface area contributed by atoms with Crippen LogP contribution in [-0.4, -0.2) is 17.4 Å². The van der Waals surface area contributed by atoms with Crippen LogP contribution in [0.15, 0.2) is 41.0 Å². The number of halogens is 2. The zero-order valence-electron chi connectivity index (χ0n) is 11.8. The van der Waals surface area contributed by atoms with Gasteiger partial charge in [0, 0.05) is 6.54 Å². The lowest BCUT2D eigenvalue weighted by atomic mass is 10.1. The van der Waals surface area contributed by atoms with E-state index in [2.05, 4.69) is 6.07 Å². The van der Waals surface area contributed by atoms with Crippen molar-refractivity contribution >= 4 is 29.1 Å². The molecule has 0 unspecified atom stereocenters. The van der Waals surface area contributed by atoms with Gasteiger partial charge in [-0.1, -0.05) is 29.3 Å². The number of benzene rings is 1. The molecular weight excluding hydrogens is 323 g/mol. The molecule has 0 fully saturated rings. The molecular formula is C16H14Cl2N2O2. The maximum Gasteiger partial charge on any atom is 0.227 e. The first kappa shape index (κ1) is 16.4. The molecule has 0 spiro atoms. The van der Waals surface area contributed by atoms with E-state index in [1.54, 1.807) is 41.5 Å². The number of rotatable bonds is 6. The molecule has 2 rings (SSSR count). The average molecular weight is 337 g/mol. The summed E-state index contributed by atoms with van der Waals surface area (Å²) in [5, 5.41) is 9.61. The first-order valence-corrected chi connectivity index (χ1v) is 7.47. The van der Waals surface area contributed by atoms with Crippen LogP contribution in [0, 0.1) is 11.3 Å². The first-order valence-electron chi connectivity index (χ1n) is 6.71. The van der Waals surface area contributed by atoms with Gasteiger partial charge in [-0.05, 0) is 29.8 Å². The van der Waals surface area contributed by atoms with E-state index in [0.29, 0.717) is 28.9 Å². The summed E-state index contributed by atoms with van der Waals surface area (Å²) in [6.07, 6.45) is 2.03. The monoisotopic (exact) mass is 336 g/mol. The second-order valence-electron chi connectivity index (χ2n) is 4.73. The molecule has 0 aliphatic rings. The van der Waals surface area contributed by atoms with Crippen molar-refractivity contribution in [2.24, 2.45) is 0 Å². The van der Waals surface area contributed by atoms with Gasteiger partial charge in [0.15, 0.2) is 0 Å². The molecule has 1 aromatic heterocycles. The number of carbonyl (C=O) groups is 1. The second-order valence-corrected chi connectivity index (χ2v) is 5.54. The zero-order valence-corrected chi connectivity index (χ0v) is 13.3. The largest absolute Gasteiger partial charge is 0.467 e. The molecule has 2 aromatic rings. The van der Waals surface area contributed by atoms with E-state index in [1.165, 1.54) is 0 Å². The Bertz CT molecular complexity index is 678. The van der Waals surface area contributed by atoms with Crippen molar-refractivity contribution in [1.82, 2.24) is 4.90 Å². The third-order valence-corrected chi connectivity index (χ3v) is 3.85. The van der Waals surface area contributed by atoms with Gasteiger partial charge in [0.25, 0.3) is 0 Å². The van der Waals surface area contributed by atoms with Gasteiger partial charge >= 0.3 is 0 Å². The quantitative estimate of drug-likeness (QED) is 0.798. The molecule has 4 nitrogen and oxygen atoms in total. The second kappa shape index (κ2) is 7.88. The van der Waals surface area contributed by atoms with E-state index < -0.39 is 0 Å². The van der Waals surface area contributed by atoms with Crippen molar-refractivity contribution in [3.63, 3.8) is 0 Å². The number of hydrogen-bond acceptors (Lipinski definition) is 3. The molecule has 0 aliphatic carbocycles. The van der Waals surface area contributed by atoms with Crippen LogP contribution in [0.5, 0.6) is 0 Å². The summed E-state index contributed by atoms with van der Waals surface area (Å²) in [6, 6.07) is 10.7. The van der Waals surface area contributed by atoms with Crippen LogP contribution in [0.3, 0.4) is 0 Å². The smallest absolute Gasteiger partial charge is 0.227 e. The summed E-state index contributed by atoms with van der Waals surface area (Å²) >= 11 is 11.8. The van der Waals surface area contributed by atoms with Gasteiger partial charge < -0.3 is 9.32 Å². The van der Waals surface area contributed by atoms with Crippen LogP contribution < -0.4 is 0 Å². The lowest BCUT2D eigenvalue weighted by Gasteiger charge is -2.20. The van der Waals surface area contributed by atoms with Crippen LogP contribution in [0.2, 0.25) is 10.0 Å². The van der Waals surface area contributed by atoms with E-state index in [4.69, 9.17) is 32.9 Å². The van der Waals surface area contributed by atoms with Crippen molar-refractivity contribution < 1.29 is 9.21 Å². The van der Waals surface area contributed by atoms with Gasteiger partial charge in [-0.3, -0.25) is 4.79 Å². The molecule has 0 saturated carbocycles. The van der Waals surface area contributed by atoms with Gasteiger partial charge in [-0.25, -0.2) is 0 Å². The van der Waals surface area contributed by atoms with Gasteiger partial charge in [0.05, 0.1) is 41.8 Å². The minimum atomic E-state index is -0.0926. The number of nitriles is 1. The fourth-order valence-electron chi connectivity index (χ4n) is 2.00. The Morgan fingerprint density at radius 1 is 1.27 bits per heavy atom. The molecule has 22 heavy (non-hydrogen) atoms. The number of amides is 1. The molecule has 0 bridgehead atoms. The maximum absolute atomic E-state index is 12.4. The lowest BCUT2D eigenvalue weighted by Crippen LogP contribution is -2.32. The Hall–Kier alpha value is -1.96. The van der Waals surface area contributed by atoms with Crippen molar-refractivity contribution in [2.45, 2.75) is 19.4 Å². The molecule has 0 saturated heterocycles. The lowest BCUT2D eigenvalue weighted by molar-refractivity contribution is -0.131. The molecule has 0 aliphatic heterocycles. The topological polar surface area (TPSA) is 57.2 Å². The summed E-state index contributed by atoms with van der Waals surface area (Å²) < 4.78 is 5.26.